The van der Waals surface area contributed by atoms with Crippen LogP contribution in [0.15, 0.2) is 47.3 Å². The Kier molecular flexibility index (Phi) is 4.82. The predicted octanol–water partition coefficient (Wildman–Crippen LogP) is 3.04. The van der Waals surface area contributed by atoms with Crippen molar-refractivity contribution < 1.29 is 13.9 Å². The molecular formula is C16H19NO3. The molecular weight excluding hydrogens is 254 g/mol. The third-order valence-corrected chi connectivity index (χ3v) is 2.93. The number of rotatable bonds is 6. The molecule has 106 valence electrons. The van der Waals surface area contributed by atoms with Crippen molar-refractivity contribution in [3.05, 3.63) is 54.0 Å². The molecule has 1 atom stereocenters. The van der Waals surface area contributed by atoms with Gasteiger partial charge in [-0.25, -0.2) is 0 Å². The van der Waals surface area contributed by atoms with Gasteiger partial charge >= 0.3 is 0 Å². The zero-order valence-electron chi connectivity index (χ0n) is 11.8. The van der Waals surface area contributed by atoms with E-state index >= 15 is 0 Å². The Bertz CT molecular complexity index is 531. The van der Waals surface area contributed by atoms with E-state index in [0.717, 1.165) is 17.7 Å². The fraction of sp³-hybridized carbons (Fsp3) is 0.312. The van der Waals surface area contributed by atoms with Crippen LogP contribution in [0.2, 0.25) is 0 Å². The van der Waals surface area contributed by atoms with Crippen molar-refractivity contribution in [2.24, 2.45) is 0 Å². The number of furan rings is 1. The Balaban J connectivity index is 1.90. The minimum absolute atomic E-state index is 0.0478. The summed E-state index contributed by atoms with van der Waals surface area (Å²) in [6.45, 7) is 4.52. The summed E-state index contributed by atoms with van der Waals surface area (Å²) < 4.78 is 10.4. The molecule has 0 spiro atoms. The second kappa shape index (κ2) is 6.80. The molecule has 0 aliphatic rings. The zero-order valence-corrected chi connectivity index (χ0v) is 11.8. The molecule has 0 aliphatic carbocycles. The normalized spacial score (nSPS) is 11.9. The van der Waals surface area contributed by atoms with Crippen LogP contribution in [0, 0.1) is 0 Å². The van der Waals surface area contributed by atoms with Crippen molar-refractivity contribution >= 4 is 5.91 Å². The van der Waals surface area contributed by atoms with Gasteiger partial charge in [-0.3, -0.25) is 4.79 Å². The van der Waals surface area contributed by atoms with Gasteiger partial charge in [0.2, 0.25) is 0 Å². The van der Waals surface area contributed by atoms with Crippen LogP contribution in [0.25, 0.3) is 0 Å². The third kappa shape index (κ3) is 3.88. The number of carbonyl (C=O) groups is 1. The predicted molar refractivity (Wildman–Crippen MR) is 77.0 cm³/mol. The number of hydrogen-bond donors (Lipinski definition) is 1. The van der Waals surface area contributed by atoms with Gasteiger partial charge in [0.15, 0.2) is 0 Å². The van der Waals surface area contributed by atoms with Crippen LogP contribution in [0.5, 0.6) is 5.75 Å². The molecule has 1 amide bonds. The molecule has 1 aromatic heterocycles. The average Bonchev–Trinajstić information content (AvgIpc) is 2.92. The van der Waals surface area contributed by atoms with Gasteiger partial charge in [-0.15, -0.1) is 0 Å². The quantitative estimate of drug-likeness (QED) is 0.880. The van der Waals surface area contributed by atoms with Crippen molar-refractivity contribution in [1.29, 1.82) is 0 Å². The van der Waals surface area contributed by atoms with Gasteiger partial charge in [0, 0.05) is 11.6 Å². The first kappa shape index (κ1) is 14.2. The van der Waals surface area contributed by atoms with E-state index in [1.54, 1.807) is 36.8 Å². The molecule has 1 heterocycles. The smallest absolute Gasteiger partial charge is 0.251 e. The molecule has 4 heteroatoms. The van der Waals surface area contributed by atoms with Crippen LogP contribution < -0.4 is 10.1 Å². The minimum Gasteiger partial charge on any atom is -0.494 e. The van der Waals surface area contributed by atoms with Gasteiger partial charge in [-0.05, 0) is 56.2 Å². The van der Waals surface area contributed by atoms with E-state index in [9.17, 15) is 4.79 Å². The Morgan fingerprint density at radius 2 is 2.05 bits per heavy atom. The number of ether oxygens (including phenoxy) is 1. The van der Waals surface area contributed by atoms with Crippen LogP contribution in [0.3, 0.4) is 0 Å². The lowest BCUT2D eigenvalue weighted by Crippen LogP contribution is -2.33. The van der Waals surface area contributed by atoms with Crippen molar-refractivity contribution in [2.75, 3.05) is 6.61 Å². The van der Waals surface area contributed by atoms with E-state index in [0.29, 0.717) is 12.2 Å². The van der Waals surface area contributed by atoms with Crippen molar-refractivity contribution in [3.8, 4) is 5.75 Å². The lowest BCUT2D eigenvalue weighted by Gasteiger charge is -2.13. The Morgan fingerprint density at radius 1 is 1.30 bits per heavy atom. The van der Waals surface area contributed by atoms with Gasteiger partial charge in [-0.1, -0.05) is 0 Å². The van der Waals surface area contributed by atoms with Gasteiger partial charge in [0.1, 0.15) is 5.75 Å². The first-order valence-corrected chi connectivity index (χ1v) is 6.74. The molecule has 1 aromatic carbocycles. The van der Waals surface area contributed by atoms with E-state index in [4.69, 9.17) is 9.15 Å². The summed E-state index contributed by atoms with van der Waals surface area (Å²) in [7, 11) is 0. The zero-order chi connectivity index (χ0) is 14.4. The Labute approximate surface area is 118 Å². The maximum atomic E-state index is 12.1. The molecule has 0 saturated heterocycles. The van der Waals surface area contributed by atoms with E-state index in [1.165, 1.54) is 0 Å². The van der Waals surface area contributed by atoms with Crippen LogP contribution in [-0.2, 0) is 6.42 Å². The monoisotopic (exact) mass is 273 g/mol. The molecule has 1 unspecified atom stereocenters. The van der Waals surface area contributed by atoms with E-state index in [1.807, 2.05) is 19.9 Å². The minimum atomic E-state index is -0.0796. The standard InChI is InChI=1S/C16H19NO3/c1-3-20-15-6-4-14(5-7-15)16(18)17-12(2)10-13-8-9-19-11-13/h4-9,11-12H,3,10H2,1-2H3,(H,17,18). The van der Waals surface area contributed by atoms with Crippen molar-refractivity contribution in [1.82, 2.24) is 5.32 Å². The number of hydrogen-bond acceptors (Lipinski definition) is 3. The summed E-state index contributed by atoms with van der Waals surface area (Å²) in [5.41, 5.74) is 1.71. The molecule has 2 aromatic rings. The second-order valence-corrected chi connectivity index (χ2v) is 4.67. The lowest BCUT2D eigenvalue weighted by molar-refractivity contribution is 0.0940. The number of carbonyl (C=O) groups excluding carboxylic acids is 1. The summed E-state index contributed by atoms with van der Waals surface area (Å²) in [6, 6.07) is 9.10. The molecule has 0 aliphatic heterocycles. The maximum Gasteiger partial charge on any atom is 0.251 e. The third-order valence-electron chi connectivity index (χ3n) is 2.93. The first-order valence-electron chi connectivity index (χ1n) is 6.74. The lowest BCUT2D eigenvalue weighted by atomic mass is 10.1. The summed E-state index contributed by atoms with van der Waals surface area (Å²) in [5.74, 6) is 0.694. The molecule has 0 saturated carbocycles. The second-order valence-electron chi connectivity index (χ2n) is 4.67. The molecule has 0 bridgehead atoms. The molecule has 0 fully saturated rings. The van der Waals surface area contributed by atoms with Gasteiger partial charge in [0.25, 0.3) is 5.91 Å². The maximum absolute atomic E-state index is 12.1. The molecule has 0 radical (unpaired) electrons. The van der Waals surface area contributed by atoms with E-state index in [2.05, 4.69) is 5.32 Å². The highest BCUT2D eigenvalue weighted by atomic mass is 16.5. The highest BCUT2D eigenvalue weighted by Crippen LogP contribution is 2.12. The van der Waals surface area contributed by atoms with Crippen LogP contribution in [-0.4, -0.2) is 18.6 Å². The topological polar surface area (TPSA) is 51.5 Å². The number of amides is 1. The number of nitrogens with one attached hydrogen (secondary N) is 1. The van der Waals surface area contributed by atoms with Crippen molar-refractivity contribution in [3.63, 3.8) is 0 Å². The van der Waals surface area contributed by atoms with Gasteiger partial charge in [0.05, 0.1) is 19.1 Å². The molecule has 1 N–H and O–H groups in total. The van der Waals surface area contributed by atoms with Crippen LogP contribution in [0.1, 0.15) is 29.8 Å². The van der Waals surface area contributed by atoms with Crippen LogP contribution >= 0.6 is 0 Å². The fourth-order valence-corrected chi connectivity index (χ4v) is 1.99. The van der Waals surface area contributed by atoms with Gasteiger partial charge in [-0.2, -0.15) is 0 Å². The van der Waals surface area contributed by atoms with Crippen molar-refractivity contribution in [2.45, 2.75) is 26.3 Å². The van der Waals surface area contributed by atoms with E-state index in [-0.39, 0.29) is 11.9 Å². The summed E-state index contributed by atoms with van der Waals surface area (Å²) in [6.07, 6.45) is 4.08. The Hall–Kier alpha value is -2.23. The summed E-state index contributed by atoms with van der Waals surface area (Å²) in [4.78, 5) is 12.1. The van der Waals surface area contributed by atoms with E-state index < -0.39 is 0 Å². The summed E-state index contributed by atoms with van der Waals surface area (Å²) >= 11 is 0. The number of benzene rings is 1. The SMILES string of the molecule is CCOc1ccc(C(=O)NC(C)Cc2ccoc2)cc1. The highest BCUT2D eigenvalue weighted by Gasteiger charge is 2.10. The fourth-order valence-electron chi connectivity index (χ4n) is 1.99. The highest BCUT2D eigenvalue weighted by molar-refractivity contribution is 5.94. The Morgan fingerprint density at radius 3 is 2.65 bits per heavy atom. The van der Waals surface area contributed by atoms with Gasteiger partial charge < -0.3 is 14.5 Å². The molecule has 2 rings (SSSR count). The molecule has 20 heavy (non-hydrogen) atoms. The largest absolute Gasteiger partial charge is 0.494 e. The van der Waals surface area contributed by atoms with Crippen LogP contribution in [0.4, 0.5) is 0 Å². The summed E-state index contributed by atoms with van der Waals surface area (Å²) in [5, 5.41) is 2.96. The molecule has 4 nitrogen and oxygen atoms in total. The first-order chi connectivity index (χ1) is 9.69. The average molecular weight is 273 g/mol.